The number of carbonyl (C=O) groups is 1. The maximum absolute atomic E-state index is 11.7. The molecule has 8 rings (SSSR count). The standard InChI is InChI=1S/C69H81NO5SSi3/c1-67(2,3)77(60-30-16-10-17-31-60,61-32-18-11-19-33-61)73-51-29-28-50-72-66-54-57(44-42-56(66)43-45-58-46-47-59(55-71)76-58)70(48-52-74-78(68(4,5)6,62-34-20-12-21-35-62)63-36-22-13-23-37-63)49-53-75-79(69(7,8)9,64-38-24-14-25-39-64)65-40-26-15-27-41-65/h10-27,30-47,54-55H,28-29,48-53H2,1-9H3. The Morgan fingerprint density at radius 2 is 0.747 bits per heavy atom. The highest BCUT2D eigenvalue weighted by Crippen LogP contribution is 2.40. The van der Waals surface area contributed by atoms with Gasteiger partial charge in [0, 0.05) is 41.9 Å². The van der Waals surface area contributed by atoms with Crippen LogP contribution in [0.3, 0.4) is 0 Å². The zero-order valence-corrected chi connectivity index (χ0v) is 51.8. The molecule has 0 fully saturated rings. The van der Waals surface area contributed by atoms with Crippen molar-refractivity contribution in [1.82, 2.24) is 0 Å². The SMILES string of the molecule is CC(C)(C)[Si](OCCCCOc1cc(N(CCO[Si](c2ccccc2)(c2ccccc2)C(C)(C)C)CCO[Si](c2ccccc2)(c2ccccc2)C(C)(C)C)ccc1C=Cc1ccc(C=O)s1)(c1ccccc1)c1ccccc1. The van der Waals surface area contributed by atoms with Crippen LogP contribution in [0, 0.1) is 0 Å². The summed E-state index contributed by atoms with van der Waals surface area (Å²) in [5.74, 6) is 0.791. The number of thiophene rings is 1. The first-order valence-corrected chi connectivity index (χ1v) is 34.6. The summed E-state index contributed by atoms with van der Waals surface area (Å²) in [6, 6.07) is 75.7. The smallest absolute Gasteiger partial charge is 0.261 e. The first-order valence-electron chi connectivity index (χ1n) is 28.0. The Morgan fingerprint density at radius 1 is 0.405 bits per heavy atom. The molecule has 10 heteroatoms. The number of aldehydes is 1. The molecule has 410 valence electrons. The van der Waals surface area contributed by atoms with Crippen LogP contribution in [0.1, 0.15) is 95.3 Å². The van der Waals surface area contributed by atoms with Gasteiger partial charge in [0.05, 0.1) is 24.7 Å². The minimum absolute atomic E-state index is 0.107. The summed E-state index contributed by atoms with van der Waals surface area (Å²) in [7, 11) is -8.40. The van der Waals surface area contributed by atoms with Crippen molar-refractivity contribution >= 4 is 91.5 Å². The number of nitrogens with zero attached hydrogens (tertiary/aromatic N) is 1. The molecule has 6 nitrogen and oxygen atoms in total. The summed E-state index contributed by atoms with van der Waals surface area (Å²) in [6.45, 7) is 24.3. The van der Waals surface area contributed by atoms with Gasteiger partial charge in [0.2, 0.25) is 0 Å². The van der Waals surface area contributed by atoms with Crippen molar-refractivity contribution in [3.05, 3.63) is 228 Å². The van der Waals surface area contributed by atoms with Gasteiger partial charge in [0.1, 0.15) is 5.75 Å². The number of hydrogen-bond acceptors (Lipinski definition) is 7. The van der Waals surface area contributed by atoms with Crippen molar-refractivity contribution in [2.24, 2.45) is 0 Å². The number of rotatable bonds is 25. The van der Waals surface area contributed by atoms with E-state index in [0.717, 1.165) is 41.0 Å². The number of hydrogen-bond donors (Lipinski definition) is 0. The monoisotopic (exact) mass is 1120 g/mol. The third-order valence-electron chi connectivity index (χ3n) is 15.3. The zero-order chi connectivity index (χ0) is 56.0. The van der Waals surface area contributed by atoms with Crippen molar-refractivity contribution in [3.8, 4) is 5.75 Å². The predicted octanol–water partition coefficient (Wildman–Crippen LogP) is 13.4. The van der Waals surface area contributed by atoms with Crippen molar-refractivity contribution < 1.29 is 22.8 Å². The van der Waals surface area contributed by atoms with E-state index in [1.807, 2.05) is 12.1 Å². The van der Waals surface area contributed by atoms with Crippen LogP contribution in [0.25, 0.3) is 12.2 Å². The van der Waals surface area contributed by atoms with E-state index in [1.165, 1.54) is 42.5 Å². The first kappa shape index (κ1) is 58.9. The summed E-state index contributed by atoms with van der Waals surface area (Å²) < 4.78 is 29.4. The normalized spacial score (nSPS) is 12.7. The third kappa shape index (κ3) is 13.4. The molecule has 0 aliphatic rings. The summed E-state index contributed by atoms with van der Waals surface area (Å²) in [4.78, 5) is 15.8. The van der Waals surface area contributed by atoms with E-state index in [4.69, 9.17) is 18.0 Å². The lowest BCUT2D eigenvalue weighted by Gasteiger charge is -2.44. The molecule has 79 heavy (non-hydrogen) atoms. The number of benzene rings is 7. The van der Waals surface area contributed by atoms with E-state index in [0.29, 0.717) is 44.4 Å². The third-order valence-corrected chi connectivity index (χ3v) is 31.4. The molecule has 0 spiro atoms. The second-order valence-corrected chi connectivity index (χ2v) is 37.6. The van der Waals surface area contributed by atoms with E-state index in [1.54, 1.807) is 0 Å². The summed E-state index contributed by atoms with van der Waals surface area (Å²) in [5, 5.41) is 7.11. The van der Waals surface area contributed by atoms with Gasteiger partial charge in [-0.15, -0.1) is 11.3 Å². The van der Waals surface area contributed by atoms with Crippen LogP contribution in [0.4, 0.5) is 5.69 Å². The molecule has 0 amide bonds. The van der Waals surface area contributed by atoms with Gasteiger partial charge >= 0.3 is 0 Å². The average Bonchev–Trinajstić information content (AvgIpc) is 4.08. The molecule has 0 radical (unpaired) electrons. The molecule has 0 unspecified atom stereocenters. The number of unbranched alkanes of at least 4 members (excludes halogenated alkanes) is 1. The van der Waals surface area contributed by atoms with Crippen molar-refractivity contribution in [3.63, 3.8) is 0 Å². The fraction of sp³-hybridized carbons (Fsp3) is 0.290. The predicted molar refractivity (Wildman–Crippen MR) is 343 cm³/mol. The van der Waals surface area contributed by atoms with Crippen LogP contribution < -0.4 is 40.8 Å². The van der Waals surface area contributed by atoms with Gasteiger partial charge in [0.15, 0.2) is 6.29 Å². The highest BCUT2D eigenvalue weighted by molar-refractivity contribution is 7.14. The molecular weight excluding hydrogens is 1040 g/mol. The molecule has 1 heterocycles. The van der Waals surface area contributed by atoms with Crippen LogP contribution >= 0.6 is 11.3 Å². The molecule has 0 aliphatic heterocycles. The second-order valence-electron chi connectivity index (χ2n) is 23.5. The Labute approximate surface area is 479 Å². The molecule has 0 atom stereocenters. The highest BCUT2D eigenvalue weighted by Gasteiger charge is 2.52. The van der Waals surface area contributed by atoms with Crippen LogP contribution in [-0.4, -0.2) is 70.8 Å². The van der Waals surface area contributed by atoms with Gasteiger partial charge in [-0.2, -0.15) is 0 Å². The molecule has 0 aliphatic carbocycles. The minimum Gasteiger partial charge on any atom is -0.493 e. The van der Waals surface area contributed by atoms with E-state index in [9.17, 15) is 4.79 Å². The summed E-state index contributed by atoms with van der Waals surface area (Å²) in [6.07, 6.45) is 6.73. The van der Waals surface area contributed by atoms with Gasteiger partial charge in [0.25, 0.3) is 25.0 Å². The Bertz CT molecular complexity index is 2930. The molecule has 1 aromatic heterocycles. The topological polar surface area (TPSA) is 57.2 Å². The van der Waals surface area contributed by atoms with Crippen LogP contribution in [0.2, 0.25) is 15.1 Å². The summed E-state index contributed by atoms with van der Waals surface area (Å²) in [5.41, 5.74) is 1.99. The lowest BCUT2D eigenvalue weighted by Crippen LogP contribution is -2.67. The van der Waals surface area contributed by atoms with E-state index in [2.05, 4.69) is 280 Å². The summed E-state index contributed by atoms with van der Waals surface area (Å²) >= 11 is 1.48. The number of ether oxygens (including phenoxy) is 1. The Hall–Kier alpha value is -6.22. The fourth-order valence-electron chi connectivity index (χ4n) is 11.6. The van der Waals surface area contributed by atoms with Crippen LogP contribution in [0.5, 0.6) is 5.75 Å². The van der Waals surface area contributed by atoms with Gasteiger partial charge in [-0.05, 0) is 95.5 Å². The molecule has 0 saturated carbocycles. The first-order chi connectivity index (χ1) is 38.0. The Balaban J connectivity index is 1.12. The maximum atomic E-state index is 11.7. The number of carbonyl (C=O) groups excluding carboxylic acids is 1. The van der Waals surface area contributed by atoms with Gasteiger partial charge in [-0.3, -0.25) is 4.79 Å². The lowest BCUT2D eigenvalue weighted by atomic mass is 10.1. The maximum Gasteiger partial charge on any atom is 0.261 e. The molecule has 8 aromatic rings. The molecule has 0 saturated heterocycles. The van der Waals surface area contributed by atoms with Crippen molar-refractivity contribution in [1.29, 1.82) is 0 Å². The zero-order valence-electron chi connectivity index (χ0n) is 48.0. The van der Waals surface area contributed by atoms with E-state index in [-0.39, 0.29) is 15.1 Å². The fourth-order valence-corrected chi connectivity index (χ4v) is 26.0. The minimum atomic E-state index is -2.86. The van der Waals surface area contributed by atoms with E-state index < -0.39 is 25.0 Å². The van der Waals surface area contributed by atoms with Crippen LogP contribution in [-0.2, 0) is 13.3 Å². The van der Waals surface area contributed by atoms with Crippen molar-refractivity contribution in [2.75, 3.05) is 44.4 Å². The molecule has 0 N–H and O–H groups in total. The quantitative estimate of drug-likeness (QED) is 0.0323. The average molecular weight is 1120 g/mol. The molecule has 7 aromatic carbocycles. The van der Waals surface area contributed by atoms with E-state index >= 15 is 0 Å². The highest BCUT2D eigenvalue weighted by atomic mass is 32.1. The van der Waals surface area contributed by atoms with Gasteiger partial charge in [-0.25, -0.2) is 0 Å². The molecule has 0 bridgehead atoms. The number of anilines is 1. The Morgan fingerprint density at radius 3 is 1.09 bits per heavy atom. The lowest BCUT2D eigenvalue weighted by molar-refractivity contribution is 0.112. The second kappa shape index (κ2) is 26.4. The largest absolute Gasteiger partial charge is 0.493 e. The van der Waals surface area contributed by atoms with Gasteiger partial charge in [-0.1, -0.05) is 244 Å². The van der Waals surface area contributed by atoms with Crippen LogP contribution in [0.15, 0.2) is 212 Å². The van der Waals surface area contributed by atoms with Crippen molar-refractivity contribution in [2.45, 2.75) is 90.3 Å². The van der Waals surface area contributed by atoms with Gasteiger partial charge < -0.3 is 22.9 Å². The molecular formula is C69H81NO5SSi3. The Kier molecular flexibility index (Phi) is 19.7.